The zero-order chi connectivity index (χ0) is 21.1. The van der Waals surface area contributed by atoms with E-state index >= 15 is 0 Å². The van der Waals surface area contributed by atoms with Gasteiger partial charge in [0.05, 0.1) is 12.0 Å². The van der Waals surface area contributed by atoms with Gasteiger partial charge >= 0.3 is 5.97 Å². The first-order valence-corrected chi connectivity index (χ1v) is 10.4. The van der Waals surface area contributed by atoms with Gasteiger partial charge in [-0.15, -0.1) is 0 Å². The van der Waals surface area contributed by atoms with Gasteiger partial charge in [-0.1, -0.05) is 43.3 Å². The Labute approximate surface area is 176 Å². The minimum absolute atomic E-state index is 0.154. The van der Waals surface area contributed by atoms with Crippen LogP contribution >= 0.6 is 0 Å². The van der Waals surface area contributed by atoms with Crippen LogP contribution in [-0.4, -0.2) is 35.6 Å². The topological polar surface area (TPSA) is 80.3 Å². The van der Waals surface area contributed by atoms with Crippen LogP contribution in [0.1, 0.15) is 40.5 Å². The molecule has 0 unspecified atom stereocenters. The summed E-state index contributed by atoms with van der Waals surface area (Å²) in [6.07, 6.45) is 5.89. The number of cyclic esters (lactones) is 1. The third kappa shape index (κ3) is 4.70. The maximum Gasteiger partial charge on any atom is 0.309 e. The fourth-order valence-electron chi connectivity index (χ4n) is 4.03. The van der Waals surface area contributed by atoms with E-state index in [2.05, 4.69) is 46.0 Å². The standard InChI is InChI=1S/C24H27N3O3/c1-15-10-21(30-24(15)29)20-13-18-8-5-7-17(12-18)6-3-4-9-25-22-14-19(23(28)27-20)11-16(2)26-22/h3-5,7-8,11-12,14-15,20-21H,6,9-10,13H2,1-2H3,(H,25,26)(H,27,28)/b4-3-/t15-,20+,21+/m1/s1. The van der Waals surface area contributed by atoms with E-state index in [9.17, 15) is 9.59 Å². The van der Waals surface area contributed by atoms with E-state index in [1.54, 1.807) is 12.1 Å². The van der Waals surface area contributed by atoms with Crippen LogP contribution in [0.3, 0.4) is 0 Å². The van der Waals surface area contributed by atoms with Crippen molar-refractivity contribution in [3.05, 3.63) is 70.9 Å². The molecule has 1 aromatic heterocycles. The van der Waals surface area contributed by atoms with Gasteiger partial charge in [-0.3, -0.25) is 9.59 Å². The molecule has 6 nitrogen and oxygen atoms in total. The first kappa shape index (κ1) is 20.1. The molecule has 2 aromatic rings. The number of rotatable bonds is 1. The number of hydrogen-bond donors (Lipinski definition) is 2. The van der Waals surface area contributed by atoms with Gasteiger partial charge in [0.25, 0.3) is 5.91 Å². The highest BCUT2D eigenvalue weighted by Gasteiger charge is 2.37. The van der Waals surface area contributed by atoms with Gasteiger partial charge in [-0.25, -0.2) is 4.98 Å². The molecule has 0 spiro atoms. The van der Waals surface area contributed by atoms with Gasteiger partial charge in [0, 0.05) is 17.8 Å². The van der Waals surface area contributed by atoms with E-state index in [0.717, 1.165) is 17.7 Å². The Morgan fingerprint density at radius 1 is 1.10 bits per heavy atom. The summed E-state index contributed by atoms with van der Waals surface area (Å²) in [6, 6.07) is 11.6. The Bertz CT molecular complexity index is 985. The minimum Gasteiger partial charge on any atom is -0.460 e. The number of nitrogens with zero attached hydrogens (tertiary/aromatic N) is 1. The second kappa shape index (κ2) is 8.69. The van der Waals surface area contributed by atoms with E-state index in [-0.39, 0.29) is 29.9 Å². The molecule has 0 saturated carbocycles. The fraction of sp³-hybridized carbons (Fsp3) is 0.375. The van der Waals surface area contributed by atoms with Crippen LogP contribution in [0.15, 0.2) is 48.6 Å². The second-order valence-corrected chi connectivity index (χ2v) is 8.15. The van der Waals surface area contributed by atoms with Crippen LogP contribution in [0.25, 0.3) is 0 Å². The summed E-state index contributed by atoms with van der Waals surface area (Å²) in [7, 11) is 0. The number of esters is 1. The molecule has 6 heteroatoms. The SMILES string of the molecule is Cc1cc2cc(n1)NC/C=C\Cc1cccc(c1)C[C@@H]([C@@H]1C[C@@H](C)C(=O)O1)NC2=O. The molecular formula is C24H27N3O3. The number of benzene rings is 1. The smallest absolute Gasteiger partial charge is 0.309 e. The summed E-state index contributed by atoms with van der Waals surface area (Å²) in [4.78, 5) is 29.6. The molecule has 2 N–H and O–H groups in total. The quantitative estimate of drug-likeness (QED) is 0.563. The summed E-state index contributed by atoms with van der Waals surface area (Å²) in [6.45, 7) is 4.37. The third-order valence-corrected chi connectivity index (χ3v) is 5.60. The van der Waals surface area contributed by atoms with Crippen LogP contribution in [0.4, 0.5) is 5.82 Å². The average Bonchev–Trinajstić information content (AvgIpc) is 3.05. The van der Waals surface area contributed by atoms with E-state index in [4.69, 9.17) is 4.74 Å². The molecule has 0 radical (unpaired) electrons. The Hall–Kier alpha value is -3.15. The van der Waals surface area contributed by atoms with Crippen LogP contribution in [0.5, 0.6) is 0 Å². The number of hydrogen-bond acceptors (Lipinski definition) is 5. The predicted octanol–water partition coefficient (Wildman–Crippen LogP) is 3.21. The molecule has 156 valence electrons. The number of amides is 1. The number of carbonyl (C=O) groups is 2. The normalized spacial score (nSPS) is 25.3. The number of carbonyl (C=O) groups excluding carboxylic acids is 2. The molecule has 4 rings (SSSR count). The number of aromatic nitrogens is 1. The first-order chi connectivity index (χ1) is 14.5. The molecule has 3 atom stereocenters. The summed E-state index contributed by atoms with van der Waals surface area (Å²) in [5, 5.41) is 6.38. The number of aryl methyl sites for hydroxylation is 1. The highest BCUT2D eigenvalue weighted by molar-refractivity contribution is 5.95. The molecule has 0 aliphatic carbocycles. The number of nitrogens with one attached hydrogen (secondary N) is 2. The number of allylic oxidation sites excluding steroid dienone is 1. The highest BCUT2D eigenvalue weighted by atomic mass is 16.6. The molecule has 1 saturated heterocycles. The van der Waals surface area contributed by atoms with Crippen LogP contribution < -0.4 is 10.6 Å². The van der Waals surface area contributed by atoms with Crippen molar-refractivity contribution in [2.45, 2.75) is 45.3 Å². The van der Waals surface area contributed by atoms with Crippen molar-refractivity contribution in [3.63, 3.8) is 0 Å². The van der Waals surface area contributed by atoms with Gasteiger partial charge in [-0.2, -0.15) is 0 Å². The number of fused-ring (bicyclic) bond motifs is 4. The summed E-state index contributed by atoms with van der Waals surface area (Å²) < 4.78 is 5.61. The molecule has 2 aliphatic rings. The van der Waals surface area contributed by atoms with Crippen molar-refractivity contribution in [2.24, 2.45) is 5.92 Å². The third-order valence-electron chi connectivity index (χ3n) is 5.60. The lowest BCUT2D eigenvalue weighted by molar-refractivity contribution is -0.144. The van der Waals surface area contributed by atoms with Gasteiger partial charge in [0.2, 0.25) is 0 Å². The van der Waals surface area contributed by atoms with Gasteiger partial charge in [0.15, 0.2) is 0 Å². The van der Waals surface area contributed by atoms with Crippen molar-refractivity contribution in [2.75, 3.05) is 11.9 Å². The van der Waals surface area contributed by atoms with Gasteiger partial charge in [0.1, 0.15) is 11.9 Å². The maximum absolute atomic E-state index is 13.1. The number of anilines is 1. The van der Waals surface area contributed by atoms with E-state index in [1.807, 2.05) is 19.9 Å². The molecule has 1 amide bonds. The Morgan fingerprint density at radius 3 is 2.73 bits per heavy atom. The monoisotopic (exact) mass is 405 g/mol. The van der Waals surface area contributed by atoms with Crippen LogP contribution in [-0.2, 0) is 22.4 Å². The van der Waals surface area contributed by atoms with Crippen molar-refractivity contribution < 1.29 is 14.3 Å². The molecular weight excluding hydrogens is 378 g/mol. The first-order valence-electron chi connectivity index (χ1n) is 10.4. The van der Waals surface area contributed by atoms with Crippen LogP contribution in [0, 0.1) is 12.8 Å². The van der Waals surface area contributed by atoms with Crippen molar-refractivity contribution in [1.82, 2.24) is 10.3 Å². The van der Waals surface area contributed by atoms with Crippen molar-refractivity contribution >= 4 is 17.7 Å². The Balaban J connectivity index is 1.68. The van der Waals surface area contributed by atoms with Gasteiger partial charge < -0.3 is 15.4 Å². The zero-order valence-corrected chi connectivity index (χ0v) is 17.4. The molecule has 1 fully saturated rings. The molecule has 2 aliphatic heterocycles. The average molecular weight is 405 g/mol. The highest BCUT2D eigenvalue weighted by Crippen LogP contribution is 2.25. The van der Waals surface area contributed by atoms with E-state index in [1.165, 1.54) is 5.56 Å². The minimum atomic E-state index is -0.337. The van der Waals surface area contributed by atoms with Crippen molar-refractivity contribution in [3.8, 4) is 0 Å². The lowest BCUT2D eigenvalue weighted by Crippen LogP contribution is -2.45. The Kier molecular flexibility index (Phi) is 5.84. The fourth-order valence-corrected chi connectivity index (χ4v) is 4.03. The van der Waals surface area contributed by atoms with Gasteiger partial charge in [-0.05, 0) is 49.4 Å². The van der Waals surface area contributed by atoms with E-state index in [0.29, 0.717) is 30.8 Å². The summed E-state index contributed by atoms with van der Waals surface area (Å²) >= 11 is 0. The number of pyridine rings is 1. The largest absolute Gasteiger partial charge is 0.460 e. The summed E-state index contributed by atoms with van der Waals surface area (Å²) in [5.74, 6) is 0.123. The zero-order valence-electron chi connectivity index (χ0n) is 17.4. The molecule has 3 heterocycles. The number of ether oxygens (including phenoxy) is 1. The lowest BCUT2D eigenvalue weighted by atomic mass is 9.95. The Morgan fingerprint density at radius 2 is 1.93 bits per heavy atom. The molecule has 4 bridgehead atoms. The molecule has 1 aromatic carbocycles. The lowest BCUT2D eigenvalue weighted by Gasteiger charge is -2.24. The summed E-state index contributed by atoms with van der Waals surface area (Å²) in [5.41, 5.74) is 3.62. The maximum atomic E-state index is 13.1. The molecule has 30 heavy (non-hydrogen) atoms. The van der Waals surface area contributed by atoms with E-state index < -0.39 is 0 Å². The van der Waals surface area contributed by atoms with Crippen LogP contribution in [0.2, 0.25) is 0 Å². The second-order valence-electron chi connectivity index (χ2n) is 8.15. The van der Waals surface area contributed by atoms with Crippen molar-refractivity contribution in [1.29, 1.82) is 0 Å². The predicted molar refractivity (Wildman–Crippen MR) is 115 cm³/mol.